The molecule has 0 aliphatic rings. The number of nitrogens with one attached hydrogen (secondary N) is 1. The summed E-state index contributed by atoms with van der Waals surface area (Å²) in [5.41, 5.74) is 3.56. The van der Waals surface area contributed by atoms with E-state index < -0.39 is 11.6 Å². The third-order valence-electron chi connectivity index (χ3n) is 3.95. The Balaban J connectivity index is 1.79. The second kappa shape index (κ2) is 7.29. The number of halogens is 2. The fourth-order valence-electron chi connectivity index (χ4n) is 2.63. The standard InChI is InChI=1S/C21H14F2N4/c22-17-7-6-16(12-18(17)23)25-21-26-19(14-4-2-1-3-5-14)13-20(27-21)15-8-10-24-11-9-15/h1-13H,(H,25,26,27). The zero-order chi connectivity index (χ0) is 18.6. The first-order chi connectivity index (χ1) is 13.2. The number of hydrogen-bond acceptors (Lipinski definition) is 4. The molecule has 2 heterocycles. The molecular formula is C21H14F2N4. The van der Waals surface area contributed by atoms with Crippen LogP contribution in [0.5, 0.6) is 0 Å². The smallest absolute Gasteiger partial charge is 0.228 e. The number of rotatable bonds is 4. The first kappa shape index (κ1) is 16.8. The molecule has 0 radical (unpaired) electrons. The van der Waals surface area contributed by atoms with Gasteiger partial charge >= 0.3 is 0 Å². The summed E-state index contributed by atoms with van der Waals surface area (Å²) in [6.45, 7) is 0. The Kier molecular flexibility index (Phi) is 4.53. The van der Waals surface area contributed by atoms with E-state index in [2.05, 4.69) is 20.3 Å². The Labute approximate surface area is 154 Å². The minimum atomic E-state index is -0.937. The first-order valence-corrected chi connectivity index (χ1v) is 8.26. The van der Waals surface area contributed by atoms with Gasteiger partial charge in [0.05, 0.1) is 11.4 Å². The molecule has 2 aromatic carbocycles. The largest absolute Gasteiger partial charge is 0.324 e. The van der Waals surface area contributed by atoms with Gasteiger partial charge in [0.1, 0.15) is 0 Å². The lowest BCUT2D eigenvalue weighted by Gasteiger charge is -2.10. The molecule has 0 bridgehead atoms. The molecular weight excluding hydrogens is 346 g/mol. The molecule has 132 valence electrons. The van der Waals surface area contributed by atoms with E-state index in [1.165, 1.54) is 6.07 Å². The van der Waals surface area contributed by atoms with Gasteiger partial charge in [-0.3, -0.25) is 4.98 Å². The summed E-state index contributed by atoms with van der Waals surface area (Å²) in [4.78, 5) is 13.1. The van der Waals surface area contributed by atoms with Crippen molar-refractivity contribution in [1.82, 2.24) is 15.0 Å². The van der Waals surface area contributed by atoms with Crippen molar-refractivity contribution in [3.63, 3.8) is 0 Å². The van der Waals surface area contributed by atoms with Gasteiger partial charge in [-0.15, -0.1) is 0 Å². The quantitative estimate of drug-likeness (QED) is 0.542. The normalized spacial score (nSPS) is 10.6. The molecule has 0 saturated carbocycles. The van der Waals surface area contributed by atoms with E-state index >= 15 is 0 Å². The highest BCUT2D eigenvalue weighted by molar-refractivity contribution is 5.70. The summed E-state index contributed by atoms with van der Waals surface area (Å²) in [6, 6.07) is 18.8. The summed E-state index contributed by atoms with van der Waals surface area (Å²) in [5.74, 6) is -1.56. The molecule has 4 aromatic rings. The minimum Gasteiger partial charge on any atom is -0.324 e. The van der Waals surface area contributed by atoms with Crippen LogP contribution in [0.4, 0.5) is 20.4 Å². The van der Waals surface area contributed by atoms with Crippen LogP contribution < -0.4 is 5.32 Å². The second-order valence-electron chi connectivity index (χ2n) is 5.82. The number of pyridine rings is 1. The van der Waals surface area contributed by atoms with Gasteiger partial charge in [0.15, 0.2) is 11.6 Å². The van der Waals surface area contributed by atoms with E-state index in [4.69, 9.17) is 0 Å². The molecule has 4 nitrogen and oxygen atoms in total. The Hall–Kier alpha value is -3.67. The molecule has 0 fully saturated rings. The molecule has 0 atom stereocenters. The van der Waals surface area contributed by atoms with Gasteiger partial charge in [-0.1, -0.05) is 30.3 Å². The average molecular weight is 360 g/mol. The Morgan fingerprint density at radius 1 is 0.667 bits per heavy atom. The van der Waals surface area contributed by atoms with Gasteiger partial charge in [0.2, 0.25) is 5.95 Å². The lowest BCUT2D eigenvalue weighted by Crippen LogP contribution is -2.01. The number of nitrogens with zero attached hydrogens (tertiary/aromatic N) is 3. The van der Waals surface area contributed by atoms with E-state index in [1.54, 1.807) is 12.4 Å². The van der Waals surface area contributed by atoms with Crippen LogP contribution in [0.2, 0.25) is 0 Å². The third kappa shape index (κ3) is 3.79. The van der Waals surface area contributed by atoms with Crippen LogP contribution in [-0.4, -0.2) is 15.0 Å². The van der Waals surface area contributed by atoms with E-state index in [0.29, 0.717) is 17.1 Å². The summed E-state index contributed by atoms with van der Waals surface area (Å²) < 4.78 is 26.7. The van der Waals surface area contributed by atoms with Gasteiger partial charge < -0.3 is 5.32 Å². The van der Waals surface area contributed by atoms with Gasteiger partial charge in [-0.25, -0.2) is 18.7 Å². The number of benzene rings is 2. The summed E-state index contributed by atoms with van der Waals surface area (Å²) >= 11 is 0. The third-order valence-corrected chi connectivity index (χ3v) is 3.95. The molecule has 0 amide bonds. The molecule has 6 heteroatoms. The van der Waals surface area contributed by atoms with Crippen LogP contribution in [0.25, 0.3) is 22.5 Å². The fraction of sp³-hybridized carbons (Fsp3) is 0. The number of aromatic nitrogens is 3. The molecule has 4 rings (SSSR count). The number of hydrogen-bond donors (Lipinski definition) is 1. The van der Waals surface area contributed by atoms with Crippen molar-refractivity contribution in [3.05, 3.63) is 90.8 Å². The van der Waals surface area contributed by atoms with Crippen LogP contribution in [0.1, 0.15) is 0 Å². The zero-order valence-electron chi connectivity index (χ0n) is 14.1. The molecule has 0 spiro atoms. The predicted molar refractivity (Wildman–Crippen MR) is 100 cm³/mol. The Bertz CT molecular complexity index is 1010. The van der Waals surface area contributed by atoms with Crippen molar-refractivity contribution >= 4 is 11.6 Å². The molecule has 0 aliphatic carbocycles. The van der Waals surface area contributed by atoms with Crippen molar-refractivity contribution in [3.8, 4) is 22.5 Å². The SMILES string of the molecule is Fc1ccc(Nc2nc(-c3ccccc3)cc(-c3ccncc3)n2)cc1F. The van der Waals surface area contributed by atoms with E-state index in [0.717, 1.165) is 23.3 Å². The molecule has 1 N–H and O–H groups in total. The average Bonchev–Trinajstić information content (AvgIpc) is 2.72. The van der Waals surface area contributed by atoms with Gasteiger partial charge in [-0.2, -0.15) is 0 Å². The van der Waals surface area contributed by atoms with Crippen molar-refractivity contribution in [2.75, 3.05) is 5.32 Å². The molecule has 0 aliphatic heterocycles. The lowest BCUT2D eigenvalue weighted by molar-refractivity contribution is 0.509. The van der Waals surface area contributed by atoms with Crippen molar-refractivity contribution in [2.45, 2.75) is 0 Å². The maximum Gasteiger partial charge on any atom is 0.228 e. The molecule has 0 saturated heterocycles. The van der Waals surface area contributed by atoms with E-state index in [1.807, 2.05) is 48.5 Å². The second-order valence-corrected chi connectivity index (χ2v) is 5.82. The minimum absolute atomic E-state index is 0.286. The van der Waals surface area contributed by atoms with Gasteiger partial charge in [0, 0.05) is 35.3 Å². The summed E-state index contributed by atoms with van der Waals surface area (Å²) in [5, 5.41) is 2.95. The van der Waals surface area contributed by atoms with Crippen molar-refractivity contribution in [2.24, 2.45) is 0 Å². The highest BCUT2D eigenvalue weighted by Gasteiger charge is 2.10. The van der Waals surface area contributed by atoms with Crippen LogP contribution in [0.3, 0.4) is 0 Å². The van der Waals surface area contributed by atoms with Gasteiger partial charge in [-0.05, 0) is 30.3 Å². The molecule has 27 heavy (non-hydrogen) atoms. The topological polar surface area (TPSA) is 50.7 Å². The Morgan fingerprint density at radius 3 is 2.00 bits per heavy atom. The van der Waals surface area contributed by atoms with Crippen molar-refractivity contribution in [1.29, 1.82) is 0 Å². The lowest BCUT2D eigenvalue weighted by atomic mass is 10.1. The molecule has 2 aromatic heterocycles. The van der Waals surface area contributed by atoms with Gasteiger partial charge in [0.25, 0.3) is 0 Å². The van der Waals surface area contributed by atoms with Crippen LogP contribution in [0.15, 0.2) is 79.1 Å². The van der Waals surface area contributed by atoms with Crippen LogP contribution in [-0.2, 0) is 0 Å². The van der Waals surface area contributed by atoms with Crippen LogP contribution >= 0.6 is 0 Å². The summed E-state index contributed by atoms with van der Waals surface area (Å²) in [7, 11) is 0. The van der Waals surface area contributed by atoms with Crippen LogP contribution in [0, 0.1) is 11.6 Å². The van der Waals surface area contributed by atoms with E-state index in [-0.39, 0.29) is 5.95 Å². The first-order valence-electron chi connectivity index (χ1n) is 8.26. The number of anilines is 2. The maximum absolute atomic E-state index is 13.5. The maximum atomic E-state index is 13.5. The highest BCUT2D eigenvalue weighted by Crippen LogP contribution is 2.26. The van der Waals surface area contributed by atoms with E-state index in [9.17, 15) is 8.78 Å². The van der Waals surface area contributed by atoms with Crippen molar-refractivity contribution < 1.29 is 8.78 Å². The summed E-state index contributed by atoms with van der Waals surface area (Å²) in [6.07, 6.45) is 3.37. The molecule has 0 unspecified atom stereocenters. The zero-order valence-corrected chi connectivity index (χ0v) is 14.1. The fourth-order valence-corrected chi connectivity index (χ4v) is 2.63. The highest BCUT2D eigenvalue weighted by atomic mass is 19.2. The Morgan fingerprint density at radius 2 is 1.33 bits per heavy atom. The predicted octanol–water partition coefficient (Wildman–Crippen LogP) is 5.23. The monoisotopic (exact) mass is 360 g/mol.